The fraction of sp³-hybridized carbons (Fsp3) is 0.667. The zero-order valence-electron chi connectivity index (χ0n) is 15.2. The average molecular weight is 309 g/mol. The van der Waals surface area contributed by atoms with Crippen molar-refractivity contribution in [1.29, 1.82) is 0 Å². The molecule has 0 N–H and O–H groups in total. The van der Waals surface area contributed by atoms with E-state index in [1.807, 2.05) is 30.3 Å². The fourth-order valence-corrected chi connectivity index (χ4v) is 7.69. The summed E-state index contributed by atoms with van der Waals surface area (Å²) in [4.78, 5) is 0. The zero-order valence-corrected chi connectivity index (χ0v) is 16.2. The molecule has 0 spiro atoms. The van der Waals surface area contributed by atoms with Crippen LogP contribution in [0.3, 0.4) is 0 Å². The van der Waals surface area contributed by atoms with E-state index >= 15 is 0 Å². The van der Waals surface area contributed by atoms with Crippen molar-refractivity contribution in [3.05, 3.63) is 30.3 Å². The molecule has 0 saturated carbocycles. The first-order chi connectivity index (χ1) is 9.29. The van der Waals surface area contributed by atoms with Gasteiger partial charge in [0, 0.05) is 10.1 Å². The standard InChI is InChI=1S/C18H32O2Si/c1-16(2,3)20-21(17(4,5)6,18(7,8)9)19-15-13-11-10-12-14-15/h10-14H,1-9H3. The lowest BCUT2D eigenvalue weighted by Gasteiger charge is -2.51. The van der Waals surface area contributed by atoms with Crippen molar-refractivity contribution >= 4 is 8.56 Å². The molecule has 0 aromatic heterocycles. The first-order valence-electron chi connectivity index (χ1n) is 7.73. The molecule has 0 heterocycles. The third kappa shape index (κ3) is 4.33. The Hall–Kier alpha value is -0.803. The highest BCUT2D eigenvalue weighted by atomic mass is 28.4. The van der Waals surface area contributed by atoms with Crippen LogP contribution >= 0.6 is 0 Å². The molecule has 0 aliphatic rings. The van der Waals surface area contributed by atoms with Crippen LogP contribution in [0.2, 0.25) is 10.1 Å². The third-order valence-corrected chi connectivity index (χ3v) is 8.80. The number of benzene rings is 1. The molecule has 21 heavy (non-hydrogen) atoms. The molecular weight excluding hydrogens is 276 g/mol. The quantitative estimate of drug-likeness (QED) is 0.645. The number of rotatable bonds is 3. The Morgan fingerprint density at radius 2 is 1.14 bits per heavy atom. The van der Waals surface area contributed by atoms with Gasteiger partial charge in [0.15, 0.2) is 0 Å². The van der Waals surface area contributed by atoms with Crippen molar-refractivity contribution in [3.8, 4) is 5.75 Å². The van der Waals surface area contributed by atoms with E-state index in [9.17, 15) is 0 Å². The lowest BCUT2D eigenvalue weighted by atomic mass is 10.2. The van der Waals surface area contributed by atoms with Crippen molar-refractivity contribution < 1.29 is 8.85 Å². The summed E-state index contributed by atoms with van der Waals surface area (Å²) >= 11 is 0. The maximum atomic E-state index is 6.67. The summed E-state index contributed by atoms with van der Waals surface area (Å²) in [6, 6.07) is 10.1. The highest BCUT2D eigenvalue weighted by Crippen LogP contribution is 2.53. The van der Waals surface area contributed by atoms with Gasteiger partial charge < -0.3 is 8.85 Å². The van der Waals surface area contributed by atoms with E-state index in [2.05, 4.69) is 62.3 Å². The van der Waals surface area contributed by atoms with Crippen LogP contribution in [-0.4, -0.2) is 14.2 Å². The van der Waals surface area contributed by atoms with Crippen LogP contribution in [0.4, 0.5) is 0 Å². The van der Waals surface area contributed by atoms with Gasteiger partial charge in [0.1, 0.15) is 5.75 Å². The van der Waals surface area contributed by atoms with Gasteiger partial charge in [-0.05, 0) is 32.9 Å². The lowest BCUT2D eigenvalue weighted by Crippen LogP contribution is -2.62. The van der Waals surface area contributed by atoms with Crippen LogP contribution in [0.25, 0.3) is 0 Å². The second-order valence-electron chi connectivity index (χ2n) is 8.75. The minimum Gasteiger partial charge on any atom is -0.520 e. The van der Waals surface area contributed by atoms with Gasteiger partial charge in [-0.3, -0.25) is 0 Å². The summed E-state index contributed by atoms with van der Waals surface area (Å²) in [6.07, 6.45) is 0. The molecule has 3 heteroatoms. The predicted octanol–water partition coefficient (Wildman–Crippen LogP) is 5.92. The van der Waals surface area contributed by atoms with Crippen molar-refractivity contribution in [2.75, 3.05) is 0 Å². The number of hydrogen-bond acceptors (Lipinski definition) is 2. The summed E-state index contributed by atoms with van der Waals surface area (Å²) in [5, 5.41) is -0.0945. The Kier molecular flexibility index (Phi) is 5.01. The molecule has 1 rings (SSSR count). The van der Waals surface area contributed by atoms with Gasteiger partial charge in [0.2, 0.25) is 0 Å². The predicted molar refractivity (Wildman–Crippen MR) is 93.1 cm³/mol. The van der Waals surface area contributed by atoms with E-state index in [4.69, 9.17) is 8.85 Å². The first-order valence-corrected chi connectivity index (χ1v) is 9.54. The minimum atomic E-state index is -2.57. The highest BCUT2D eigenvalue weighted by molar-refractivity contribution is 6.74. The first kappa shape index (κ1) is 18.2. The molecule has 1 aromatic rings. The molecule has 0 fully saturated rings. The van der Waals surface area contributed by atoms with Gasteiger partial charge in [-0.25, -0.2) is 0 Å². The van der Waals surface area contributed by atoms with Gasteiger partial charge in [0.25, 0.3) is 0 Å². The summed E-state index contributed by atoms with van der Waals surface area (Å²) < 4.78 is 13.3. The van der Waals surface area contributed by atoms with Crippen molar-refractivity contribution in [3.63, 3.8) is 0 Å². The summed E-state index contributed by atoms with van der Waals surface area (Å²) in [5.41, 5.74) is -0.235. The molecule has 0 unspecified atom stereocenters. The van der Waals surface area contributed by atoms with E-state index < -0.39 is 8.56 Å². The second-order valence-corrected chi connectivity index (χ2v) is 13.4. The molecule has 0 amide bonds. The monoisotopic (exact) mass is 308 g/mol. The van der Waals surface area contributed by atoms with E-state index in [-0.39, 0.29) is 15.7 Å². The van der Waals surface area contributed by atoms with Gasteiger partial charge in [0.05, 0.1) is 5.60 Å². The smallest absolute Gasteiger partial charge is 0.410 e. The van der Waals surface area contributed by atoms with E-state index in [0.717, 1.165) is 5.75 Å². The summed E-state index contributed by atoms with van der Waals surface area (Å²) in [6.45, 7) is 19.7. The second kappa shape index (κ2) is 5.77. The van der Waals surface area contributed by atoms with Gasteiger partial charge in [-0.15, -0.1) is 0 Å². The largest absolute Gasteiger partial charge is 0.520 e. The maximum absolute atomic E-state index is 6.67. The summed E-state index contributed by atoms with van der Waals surface area (Å²) in [5.74, 6) is 0.901. The molecular formula is C18H32O2Si. The molecule has 0 saturated heterocycles. The zero-order chi connectivity index (χ0) is 16.5. The van der Waals surface area contributed by atoms with Crippen LogP contribution in [0.15, 0.2) is 30.3 Å². The van der Waals surface area contributed by atoms with Crippen LogP contribution in [0.5, 0.6) is 5.75 Å². The topological polar surface area (TPSA) is 18.5 Å². The maximum Gasteiger partial charge on any atom is 0.410 e. The van der Waals surface area contributed by atoms with E-state index in [1.54, 1.807) is 0 Å². The van der Waals surface area contributed by atoms with Crippen LogP contribution in [0, 0.1) is 0 Å². The Labute approximate surface area is 132 Å². The fourth-order valence-electron chi connectivity index (χ4n) is 2.84. The molecule has 0 aliphatic carbocycles. The molecule has 1 aromatic carbocycles. The van der Waals surface area contributed by atoms with Gasteiger partial charge in [-0.1, -0.05) is 59.7 Å². The van der Waals surface area contributed by atoms with Crippen molar-refractivity contribution in [1.82, 2.24) is 0 Å². The Balaban J connectivity index is 3.38. The van der Waals surface area contributed by atoms with Crippen LogP contribution < -0.4 is 4.43 Å². The molecule has 0 bridgehead atoms. The average Bonchev–Trinajstić information content (AvgIpc) is 2.24. The lowest BCUT2D eigenvalue weighted by molar-refractivity contribution is 0.0637. The normalized spacial score (nSPS) is 14.1. The number of hydrogen-bond donors (Lipinski definition) is 0. The molecule has 0 radical (unpaired) electrons. The number of para-hydroxylation sites is 1. The molecule has 0 aliphatic heterocycles. The van der Waals surface area contributed by atoms with E-state index in [1.165, 1.54) is 0 Å². The molecule has 2 nitrogen and oxygen atoms in total. The minimum absolute atomic E-state index is 0.0473. The summed E-state index contributed by atoms with van der Waals surface area (Å²) in [7, 11) is -2.57. The van der Waals surface area contributed by atoms with Crippen molar-refractivity contribution in [2.45, 2.75) is 78.0 Å². The molecule has 120 valence electrons. The van der Waals surface area contributed by atoms with Gasteiger partial charge >= 0.3 is 8.56 Å². The van der Waals surface area contributed by atoms with Gasteiger partial charge in [-0.2, -0.15) is 0 Å². The Morgan fingerprint density at radius 3 is 1.48 bits per heavy atom. The SMILES string of the molecule is CC(C)(C)O[Si](Oc1ccccc1)(C(C)(C)C)C(C)(C)C. The highest BCUT2D eigenvalue weighted by Gasteiger charge is 2.61. The van der Waals surface area contributed by atoms with E-state index in [0.29, 0.717) is 0 Å². The van der Waals surface area contributed by atoms with Crippen molar-refractivity contribution in [2.24, 2.45) is 0 Å². The molecule has 0 atom stereocenters. The van der Waals surface area contributed by atoms with Crippen LogP contribution in [-0.2, 0) is 4.43 Å². The Bertz CT molecular complexity index is 433. The Morgan fingerprint density at radius 1 is 0.714 bits per heavy atom. The third-order valence-electron chi connectivity index (χ3n) is 3.43. The van der Waals surface area contributed by atoms with Crippen LogP contribution in [0.1, 0.15) is 62.3 Å².